The Hall–Kier alpha value is -1.24. The van der Waals surface area contributed by atoms with Gasteiger partial charge in [0.2, 0.25) is 0 Å². The molecule has 0 aliphatic carbocycles. The summed E-state index contributed by atoms with van der Waals surface area (Å²) >= 11 is 0. The summed E-state index contributed by atoms with van der Waals surface area (Å²) in [5, 5.41) is 0. The average Bonchev–Trinajstić information content (AvgIpc) is 2.30. The van der Waals surface area contributed by atoms with Crippen molar-refractivity contribution in [3.05, 3.63) is 47.7 Å². The smallest absolute Gasteiger partial charge is 0.0426 e. The molecule has 88 valence electrons. The van der Waals surface area contributed by atoms with Crippen molar-refractivity contribution in [2.75, 3.05) is 0 Å². The van der Waals surface area contributed by atoms with Crippen LogP contribution < -0.4 is 0 Å². The highest BCUT2D eigenvalue weighted by Gasteiger charge is 2.07. The lowest BCUT2D eigenvalue weighted by Crippen LogP contribution is -2.26. The van der Waals surface area contributed by atoms with E-state index in [1.165, 1.54) is 17.5 Å². The van der Waals surface area contributed by atoms with Gasteiger partial charge in [-0.15, -0.1) is 0 Å². The molecule has 0 fully saturated rings. The van der Waals surface area contributed by atoms with Gasteiger partial charge in [0, 0.05) is 12.6 Å². The van der Waals surface area contributed by atoms with Crippen molar-refractivity contribution in [3.8, 4) is 0 Å². The second-order valence-electron chi connectivity index (χ2n) is 4.40. The van der Waals surface area contributed by atoms with E-state index in [9.17, 15) is 0 Å². The molecule has 0 amide bonds. The fourth-order valence-electron chi connectivity index (χ4n) is 1.69. The summed E-state index contributed by atoms with van der Waals surface area (Å²) in [6, 6.07) is 9.39. The number of rotatable bonds is 5. The molecule has 0 radical (unpaired) electrons. The summed E-state index contributed by atoms with van der Waals surface area (Å²) in [6.45, 7) is 9.71. The molecule has 1 rings (SSSR count). The van der Waals surface area contributed by atoms with E-state index in [4.69, 9.17) is 0 Å². The van der Waals surface area contributed by atoms with Crippen LogP contribution in [0, 0.1) is 6.92 Å². The Morgan fingerprint density at radius 2 is 1.88 bits per heavy atom. The van der Waals surface area contributed by atoms with Crippen LogP contribution in [0.2, 0.25) is 0 Å². The number of benzene rings is 1. The Balaban J connectivity index is 2.71. The molecule has 0 heterocycles. The van der Waals surface area contributed by atoms with Gasteiger partial charge in [0.15, 0.2) is 0 Å². The Kier molecular flexibility index (Phi) is 5.10. The van der Waals surface area contributed by atoms with E-state index in [0.717, 1.165) is 6.54 Å². The van der Waals surface area contributed by atoms with Gasteiger partial charge in [0.05, 0.1) is 0 Å². The number of nitrogens with zero attached hydrogens (tertiary/aromatic N) is 1. The van der Waals surface area contributed by atoms with Crippen molar-refractivity contribution in [3.63, 3.8) is 0 Å². The van der Waals surface area contributed by atoms with Gasteiger partial charge in [-0.3, -0.25) is 0 Å². The number of aryl methyl sites for hydroxylation is 1. The summed E-state index contributed by atoms with van der Waals surface area (Å²) in [4.78, 5) is 2.39. The summed E-state index contributed by atoms with van der Waals surface area (Å²) < 4.78 is 0. The second kappa shape index (κ2) is 6.37. The molecule has 0 aliphatic heterocycles. The van der Waals surface area contributed by atoms with Crippen molar-refractivity contribution in [1.82, 2.24) is 4.90 Å². The second-order valence-corrected chi connectivity index (χ2v) is 4.40. The van der Waals surface area contributed by atoms with Gasteiger partial charge in [-0.25, -0.2) is 0 Å². The Morgan fingerprint density at radius 3 is 2.38 bits per heavy atom. The topological polar surface area (TPSA) is 3.24 Å². The van der Waals surface area contributed by atoms with Crippen LogP contribution in [0.25, 0.3) is 0 Å². The van der Waals surface area contributed by atoms with Crippen LogP contribution in [0.5, 0.6) is 0 Å². The van der Waals surface area contributed by atoms with Crippen molar-refractivity contribution in [2.45, 2.75) is 46.7 Å². The van der Waals surface area contributed by atoms with E-state index in [1.54, 1.807) is 0 Å². The van der Waals surface area contributed by atoms with Gasteiger partial charge in [0.1, 0.15) is 0 Å². The predicted molar refractivity (Wildman–Crippen MR) is 71.3 cm³/mol. The van der Waals surface area contributed by atoms with Crippen LogP contribution >= 0.6 is 0 Å². The van der Waals surface area contributed by atoms with E-state index in [0.29, 0.717) is 6.04 Å². The number of hydrogen-bond donors (Lipinski definition) is 0. The van der Waals surface area contributed by atoms with E-state index in [-0.39, 0.29) is 0 Å². The molecular weight excluding hydrogens is 194 g/mol. The molecule has 1 unspecified atom stereocenters. The van der Waals surface area contributed by atoms with Crippen LogP contribution in [0.3, 0.4) is 0 Å². The minimum atomic E-state index is 0.595. The van der Waals surface area contributed by atoms with E-state index >= 15 is 0 Å². The molecule has 1 aromatic carbocycles. The lowest BCUT2D eigenvalue weighted by molar-refractivity contribution is 0.278. The molecule has 1 nitrogen and oxygen atoms in total. The first kappa shape index (κ1) is 12.8. The lowest BCUT2D eigenvalue weighted by Gasteiger charge is -2.27. The zero-order valence-electron chi connectivity index (χ0n) is 10.9. The molecule has 0 N–H and O–H groups in total. The van der Waals surface area contributed by atoms with E-state index in [1.807, 2.05) is 0 Å². The zero-order chi connectivity index (χ0) is 12.0. The average molecular weight is 217 g/mol. The Bertz CT molecular complexity index is 324. The van der Waals surface area contributed by atoms with Crippen molar-refractivity contribution >= 4 is 0 Å². The van der Waals surface area contributed by atoms with Crippen LogP contribution in [-0.4, -0.2) is 10.9 Å². The van der Waals surface area contributed by atoms with Gasteiger partial charge < -0.3 is 4.90 Å². The Morgan fingerprint density at radius 1 is 1.25 bits per heavy atom. The van der Waals surface area contributed by atoms with Crippen molar-refractivity contribution in [1.29, 1.82) is 0 Å². The van der Waals surface area contributed by atoms with Crippen LogP contribution in [-0.2, 0) is 6.54 Å². The third-order valence-corrected chi connectivity index (χ3v) is 2.98. The maximum atomic E-state index is 2.39. The molecule has 0 spiro atoms. The van der Waals surface area contributed by atoms with Crippen LogP contribution in [0.15, 0.2) is 36.5 Å². The molecule has 0 aliphatic rings. The monoisotopic (exact) mass is 217 g/mol. The summed E-state index contributed by atoms with van der Waals surface area (Å²) in [6.07, 6.45) is 5.48. The maximum Gasteiger partial charge on any atom is 0.0426 e. The molecule has 1 aromatic rings. The highest BCUT2D eigenvalue weighted by molar-refractivity contribution is 5.21. The number of allylic oxidation sites excluding steroid dienone is 1. The van der Waals surface area contributed by atoms with Gasteiger partial charge >= 0.3 is 0 Å². The standard InChI is InChI=1S/C15H23N/c1-5-11-16(14(4)6-2)12-15-9-7-13(3)8-10-15/h5,7-11,14H,6,12H2,1-4H3/b11-5-. The minimum absolute atomic E-state index is 0.595. The third kappa shape index (κ3) is 3.73. The first-order chi connectivity index (χ1) is 7.67. The van der Waals surface area contributed by atoms with Gasteiger partial charge in [-0.1, -0.05) is 42.8 Å². The molecule has 0 saturated carbocycles. The molecular formula is C15H23N. The van der Waals surface area contributed by atoms with Gasteiger partial charge in [-0.05, 0) is 39.0 Å². The molecule has 0 saturated heterocycles. The molecule has 16 heavy (non-hydrogen) atoms. The first-order valence-corrected chi connectivity index (χ1v) is 6.11. The predicted octanol–water partition coefficient (Wildman–Crippen LogP) is 4.13. The van der Waals surface area contributed by atoms with Crippen LogP contribution in [0.4, 0.5) is 0 Å². The van der Waals surface area contributed by atoms with Gasteiger partial charge in [0.25, 0.3) is 0 Å². The molecule has 1 heteroatoms. The maximum absolute atomic E-state index is 2.39. The first-order valence-electron chi connectivity index (χ1n) is 6.11. The largest absolute Gasteiger partial charge is 0.371 e. The minimum Gasteiger partial charge on any atom is -0.371 e. The van der Waals surface area contributed by atoms with E-state index in [2.05, 4.69) is 69.1 Å². The zero-order valence-corrected chi connectivity index (χ0v) is 10.9. The highest BCUT2D eigenvalue weighted by Crippen LogP contribution is 2.12. The molecule has 0 bridgehead atoms. The fourth-order valence-corrected chi connectivity index (χ4v) is 1.69. The Labute approximate surface area is 99.8 Å². The highest BCUT2D eigenvalue weighted by atomic mass is 15.1. The van der Waals surface area contributed by atoms with E-state index < -0.39 is 0 Å². The fraction of sp³-hybridized carbons (Fsp3) is 0.467. The third-order valence-electron chi connectivity index (χ3n) is 2.98. The summed E-state index contributed by atoms with van der Waals surface area (Å²) in [5.74, 6) is 0. The number of hydrogen-bond acceptors (Lipinski definition) is 1. The SMILES string of the molecule is C/C=C\N(Cc1ccc(C)cc1)C(C)CC. The lowest BCUT2D eigenvalue weighted by atomic mass is 10.1. The summed E-state index contributed by atoms with van der Waals surface area (Å²) in [5.41, 5.74) is 2.70. The summed E-state index contributed by atoms with van der Waals surface area (Å²) in [7, 11) is 0. The van der Waals surface area contributed by atoms with Crippen molar-refractivity contribution in [2.24, 2.45) is 0 Å². The van der Waals surface area contributed by atoms with Crippen molar-refractivity contribution < 1.29 is 0 Å². The molecule has 1 atom stereocenters. The van der Waals surface area contributed by atoms with Crippen LogP contribution in [0.1, 0.15) is 38.3 Å². The normalized spacial score (nSPS) is 13.0. The molecule has 0 aromatic heterocycles. The van der Waals surface area contributed by atoms with Gasteiger partial charge in [-0.2, -0.15) is 0 Å². The quantitative estimate of drug-likeness (QED) is 0.717.